The van der Waals surface area contributed by atoms with Crippen LogP contribution in [0, 0.1) is 5.82 Å². The first-order chi connectivity index (χ1) is 10.2. The lowest BCUT2D eigenvalue weighted by Gasteiger charge is -2.23. The van der Waals surface area contributed by atoms with E-state index in [1.54, 1.807) is 32.9 Å². The molecule has 122 valence electrons. The van der Waals surface area contributed by atoms with Gasteiger partial charge in [-0.15, -0.1) is 0 Å². The summed E-state index contributed by atoms with van der Waals surface area (Å²) in [6.45, 7) is 6.59. The average Bonchev–Trinajstić information content (AvgIpc) is 2.36. The van der Waals surface area contributed by atoms with Gasteiger partial charge in [-0.2, -0.15) is 0 Å². The summed E-state index contributed by atoms with van der Waals surface area (Å²) in [5.74, 6) is -0.768. The number of benzene rings is 1. The summed E-state index contributed by atoms with van der Waals surface area (Å²) in [6.07, 6.45) is -0.195. The van der Waals surface area contributed by atoms with E-state index in [1.807, 2.05) is 0 Å². The average molecular weight is 311 g/mol. The molecule has 0 saturated heterocycles. The fraction of sp³-hybridized carbons (Fsp3) is 0.500. The van der Waals surface area contributed by atoms with Crippen LogP contribution in [-0.4, -0.2) is 30.3 Å². The number of halogens is 1. The molecule has 0 fully saturated rings. The van der Waals surface area contributed by atoms with E-state index in [-0.39, 0.29) is 12.4 Å². The molecule has 0 aliphatic rings. The maximum absolute atomic E-state index is 12.9. The maximum Gasteiger partial charge on any atom is 0.408 e. The smallest absolute Gasteiger partial charge is 0.408 e. The van der Waals surface area contributed by atoms with E-state index in [2.05, 4.69) is 5.32 Å². The van der Waals surface area contributed by atoms with E-state index in [0.717, 1.165) is 5.56 Å². The van der Waals surface area contributed by atoms with Crippen molar-refractivity contribution in [2.24, 2.45) is 0 Å². The van der Waals surface area contributed by atoms with Gasteiger partial charge in [0.1, 0.15) is 18.0 Å². The molecule has 5 nitrogen and oxygen atoms in total. The molecule has 0 aromatic heterocycles. The fourth-order valence-electron chi connectivity index (χ4n) is 1.75. The van der Waals surface area contributed by atoms with Crippen molar-refractivity contribution in [3.05, 3.63) is 35.6 Å². The van der Waals surface area contributed by atoms with Crippen molar-refractivity contribution in [1.82, 2.24) is 5.32 Å². The van der Waals surface area contributed by atoms with Crippen LogP contribution in [0.15, 0.2) is 24.3 Å². The molecule has 1 N–H and O–H groups in total. The minimum atomic E-state index is -0.619. The summed E-state index contributed by atoms with van der Waals surface area (Å²) in [6, 6.07) is 5.46. The van der Waals surface area contributed by atoms with E-state index in [4.69, 9.17) is 9.47 Å². The zero-order valence-electron chi connectivity index (χ0n) is 13.3. The van der Waals surface area contributed by atoms with Crippen molar-refractivity contribution >= 4 is 12.1 Å². The van der Waals surface area contributed by atoms with Gasteiger partial charge in [-0.1, -0.05) is 12.1 Å². The number of ether oxygens (including phenoxy) is 2. The Morgan fingerprint density at radius 3 is 2.32 bits per heavy atom. The summed E-state index contributed by atoms with van der Waals surface area (Å²) in [4.78, 5) is 22.8. The molecule has 1 aromatic rings. The van der Waals surface area contributed by atoms with Crippen molar-refractivity contribution in [1.29, 1.82) is 0 Å². The van der Waals surface area contributed by atoms with Crippen LogP contribution in [-0.2, 0) is 20.7 Å². The minimum Gasteiger partial charge on any atom is -0.464 e. The zero-order valence-corrected chi connectivity index (χ0v) is 13.3. The van der Waals surface area contributed by atoms with Crippen LogP contribution in [0.5, 0.6) is 0 Å². The van der Waals surface area contributed by atoms with Gasteiger partial charge in [-0.05, 0) is 44.9 Å². The number of hydrogen-bond acceptors (Lipinski definition) is 4. The van der Waals surface area contributed by atoms with E-state index in [0.29, 0.717) is 6.42 Å². The topological polar surface area (TPSA) is 64.6 Å². The van der Waals surface area contributed by atoms with Crippen LogP contribution < -0.4 is 5.32 Å². The van der Waals surface area contributed by atoms with Gasteiger partial charge in [0.2, 0.25) is 0 Å². The van der Waals surface area contributed by atoms with Gasteiger partial charge >= 0.3 is 12.1 Å². The van der Waals surface area contributed by atoms with E-state index < -0.39 is 23.7 Å². The quantitative estimate of drug-likeness (QED) is 0.849. The van der Waals surface area contributed by atoms with E-state index >= 15 is 0 Å². The Labute approximate surface area is 129 Å². The van der Waals surface area contributed by atoms with Gasteiger partial charge in [0.25, 0.3) is 0 Å². The first-order valence-corrected chi connectivity index (χ1v) is 7.03. The summed E-state index contributed by atoms with van der Waals surface area (Å²) in [5.41, 5.74) is 0.195. The van der Waals surface area contributed by atoms with Gasteiger partial charge in [-0.3, -0.25) is 4.79 Å². The van der Waals surface area contributed by atoms with Crippen molar-refractivity contribution in [2.75, 3.05) is 6.61 Å². The highest BCUT2D eigenvalue weighted by Crippen LogP contribution is 2.09. The Balaban J connectivity index is 2.68. The lowest BCUT2D eigenvalue weighted by Crippen LogP contribution is -2.43. The Morgan fingerprint density at radius 1 is 1.23 bits per heavy atom. The standard InChI is InChI=1S/C16H22FNO4/c1-11(19)21-10-14(18-15(20)22-16(2,3)4)9-12-5-7-13(17)8-6-12/h5-8,14H,9-10H2,1-4H3,(H,18,20)/t14-/m1/s1. The largest absolute Gasteiger partial charge is 0.464 e. The van der Waals surface area contributed by atoms with Crippen LogP contribution in [0.1, 0.15) is 33.3 Å². The predicted octanol–water partition coefficient (Wildman–Crippen LogP) is 2.82. The molecule has 0 aliphatic heterocycles. The molecule has 1 amide bonds. The monoisotopic (exact) mass is 311 g/mol. The molecule has 1 rings (SSSR count). The van der Waals surface area contributed by atoms with Crippen molar-refractivity contribution < 1.29 is 23.5 Å². The molecule has 1 atom stereocenters. The summed E-state index contributed by atoms with van der Waals surface area (Å²) >= 11 is 0. The Bertz CT molecular complexity index is 508. The third-order valence-electron chi connectivity index (χ3n) is 2.60. The van der Waals surface area contributed by atoms with Gasteiger partial charge in [0.15, 0.2) is 0 Å². The molecule has 0 heterocycles. The molecule has 0 bridgehead atoms. The van der Waals surface area contributed by atoms with Crippen LogP contribution in [0.2, 0.25) is 0 Å². The fourth-order valence-corrected chi connectivity index (χ4v) is 1.75. The molecule has 1 aromatic carbocycles. The highest BCUT2D eigenvalue weighted by atomic mass is 19.1. The van der Waals surface area contributed by atoms with Crippen LogP contribution in [0.4, 0.5) is 9.18 Å². The molecule has 6 heteroatoms. The number of rotatable bonds is 5. The third kappa shape index (κ3) is 7.61. The molecule has 0 radical (unpaired) electrons. The van der Waals surface area contributed by atoms with E-state index in [9.17, 15) is 14.0 Å². The number of amides is 1. The highest BCUT2D eigenvalue weighted by molar-refractivity contribution is 5.68. The number of carbonyl (C=O) groups is 2. The first kappa shape index (κ1) is 17.9. The lowest BCUT2D eigenvalue weighted by atomic mass is 10.1. The van der Waals surface area contributed by atoms with Gasteiger partial charge in [0.05, 0.1) is 6.04 Å². The molecule has 0 aliphatic carbocycles. The Kier molecular flexibility index (Phi) is 6.34. The van der Waals surface area contributed by atoms with Crippen molar-refractivity contribution in [3.8, 4) is 0 Å². The number of nitrogens with one attached hydrogen (secondary N) is 1. The van der Waals surface area contributed by atoms with Gasteiger partial charge in [0, 0.05) is 6.92 Å². The van der Waals surface area contributed by atoms with Crippen LogP contribution in [0.25, 0.3) is 0 Å². The normalized spacial score (nSPS) is 12.4. The second kappa shape index (κ2) is 7.77. The Morgan fingerprint density at radius 2 is 1.82 bits per heavy atom. The molecule has 0 spiro atoms. The molecule has 22 heavy (non-hydrogen) atoms. The zero-order chi connectivity index (χ0) is 16.8. The SMILES string of the molecule is CC(=O)OC[C@@H](Cc1ccc(F)cc1)NC(=O)OC(C)(C)C. The molecular weight excluding hydrogens is 289 g/mol. The van der Waals surface area contributed by atoms with E-state index in [1.165, 1.54) is 19.1 Å². The minimum absolute atomic E-state index is 0.0198. The summed E-state index contributed by atoms with van der Waals surface area (Å²) in [7, 11) is 0. The molecule has 0 unspecified atom stereocenters. The van der Waals surface area contributed by atoms with Crippen molar-refractivity contribution in [2.45, 2.75) is 45.8 Å². The summed E-state index contributed by atoms with van der Waals surface area (Å²) < 4.78 is 23.0. The van der Waals surface area contributed by atoms with Crippen LogP contribution in [0.3, 0.4) is 0 Å². The number of esters is 1. The second-order valence-corrected chi connectivity index (χ2v) is 5.98. The first-order valence-electron chi connectivity index (χ1n) is 7.03. The molecule has 0 saturated carbocycles. The third-order valence-corrected chi connectivity index (χ3v) is 2.60. The number of carbonyl (C=O) groups excluding carboxylic acids is 2. The predicted molar refractivity (Wildman–Crippen MR) is 79.9 cm³/mol. The second-order valence-electron chi connectivity index (χ2n) is 5.98. The molecular formula is C16H22FNO4. The lowest BCUT2D eigenvalue weighted by molar-refractivity contribution is -0.141. The highest BCUT2D eigenvalue weighted by Gasteiger charge is 2.20. The maximum atomic E-state index is 12.9. The van der Waals surface area contributed by atoms with Crippen molar-refractivity contribution in [3.63, 3.8) is 0 Å². The van der Waals surface area contributed by atoms with Gasteiger partial charge < -0.3 is 14.8 Å². The summed E-state index contributed by atoms with van der Waals surface area (Å²) in [5, 5.41) is 2.66. The number of hydrogen-bond donors (Lipinski definition) is 1. The Hall–Kier alpha value is -2.11. The van der Waals surface area contributed by atoms with Gasteiger partial charge in [-0.25, -0.2) is 9.18 Å². The number of alkyl carbamates (subject to hydrolysis) is 1. The van der Waals surface area contributed by atoms with Crippen LogP contribution >= 0.6 is 0 Å².